The van der Waals surface area contributed by atoms with Crippen molar-refractivity contribution in [3.63, 3.8) is 0 Å². The smallest absolute Gasteiger partial charge is 0.160 e. The van der Waals surface area contributed by atoms with Gasteiger partial charge in [0.05, 0.1) is 25.0 Å². The molecule has 1 N–H and O–H groups in total. The monoisotopic (exact) mass is 528 g/mol. The van der Waals surface area contributed by atoms with Crippen LogP contribution in [-0.4, -0.2) is 63.7 Å². The van der Waals surface area contributed by atoms with Gasteiger partial charge in [0.15, 0.2) is 11.5 Å². The van der Waals surface area contributed by atoms with Crippen molar-refractivity contribution < 1.29 is 9.47 Å². The van der Waals surface area contributed by atoms with Gasteiger partial charge in [-0.25, -0.2) is 24.5 Å². The van der Waals surface area contributed by atoms with Gasteiger partial charge in [-0.2, -0.15) is 5.10 Å². The standard InChI is InChI=1S/C25H26N8O2.C4H10/c1-5-21-24(30-17(3)32(4)19-12-34-13-19)25(28-14-26-21)31-18-6-7-22(16(2)10-18)35-20-8-9-33-23(11-20)27-15-29-33;1-3-4-2/h5-11,14-15,19H,3,12-13H2,1-2,4H3,(H,26,28,31);3-4H2,1-2H3/b21-5+,30-24+;. The number of hydrogen-bond acceptors (Lipinski definition) is 9. The fourth-order valence-electron chi connectivity index (χ4n) is 3.64. The molecule has 39 heavy (non-hydrogen) atoms. The lowest BCUT2D eigenvalue weighted by molar-refractivity contribution is -0.0452. The van der Waals surface area contributed by atoms with Crippen LogP contribution in [0.3, 0.4) is 0 Å². The summed E-state index contributed by atoms with van der Waals surface area (Å²) in [5, 5.41) is 7.48. The summed E-state index contributed by atoms with van der Waals surface area (Å²) in [7, 11) is 1.97. The van der Waals surface area contributed by atoms with Crippen LogP contribution in [0.25, 0.3) is 5.65 Å². The van der Waals surface area contributed by atoms with E-state index in [0.29, 0.717) is 36.3 Å². The molecule has 2 aromatic heterocycles. The van der Waals surface area contributed by atoms with Crippen LogP contribution in [0.2, 0.25) is 0 Å². The van der Waals surface area contributed by atoms with Crippen LogP contribution in [0.1, 0.15) is 39.2 Å². The zero-order valence-corrected chi connectivity index (χ0v) is 23.3. The highest BCUT2D eigenvalue weighted by Gasteiger charge is 2.25. The average molecular weight is 529 g/mol. The molecule has 0 aliphatic carbocycles. The Morgan fingerprint density at radius 3 is 2.72 bits per heavy atom. The number of allylic oxidation sites excluding steroid dienone is 1. The zero-order chi connectivity index (χ0) is 27.8. The first kappa shape index (κ1) is 27.7. The maximum Gasteiger partial charge on any atom is 0.160 e. The van der Waals surface area contributed by atoms with E-state index in [4.69, 9.17) is 14.5 Å². The number of fused-ring (bicyclic) bond motifs is 1. The molecule has 0 saturated carbocycles. The van der Waals surface area contributed by atoms with Crippen LogP contribution >= 0.6 is 0 Å². The number of nitrogens with zero attached hydrogens (tertiary/aromatic N) is 7. The van der Waals surface area contributed by atoms with Gasteiger partial charge in [0.2, 0.25) is 0 Å². The summed E-state index contributed by atoms with van der Waals surface area (Å²) in [6.07, 6.45) is 9.39. The Hall–Kier alpha value is -4.31. The summed E-state index contributed by atoms with van der Waals surface area (Å²) < 4.78 is 13.1. The van der Waals surface area contributed by atoms with Gasteiger partial charge in [0.1, 0.15) is 35.7 Å². The Bertz CT molecular complexity index is 1430. The molecule has 10 heteroatoms. The molecule has 2 aliphatic heterocycles. The van der Waals surface area contributed by atoms with Gasteiger partial charge in [-0.3, -0.25) is 0 Å². The quantitative estimate of drug-likeness (QED) is 0.426. The highest BCUT2D eigenvalue weighted by atomic mass is 16.5. The van der Waals surface area contributed by atoms with Crippen molar-refractivity contribution in [2.75, 3.05) is 25.6 Å². The highest BCUT2D eigenvalue weighted by molar-refractivity contribution is 6.52. The number of benzene rings is 1. The first-order valence-corrected chi connectivity index (χ1v) is 13.1. The second-order valence-corrected chi connectivity index (χ2v) is 9.21. The summed E-state index contributed by atoms with van der Waals surface area (Å²) >= 11 is 0. The van der Waals surface area contributed by atoms with Crippen LogP contribution < -0.4 is 10.1 Å². The molecule has 204 valence electrons. The fraction of sp³-hybridized carbons (Fsp3) is 0.345. The van der Waals surface area contributed by atoms with E-state index in [2.05, 4.69) is 45.8 Å². The summed E-state index contributed by atoms with van der Waals surface area (Å²) in [4.78, 5) is 19.8. The molecule has 1 aromatic carbocycles. The number of hydrogen-bond donors (Lipinski definition) is 1. The van der Waals surface area contributed by atoms with Crippen molar-refractivity contribution in [1.29, 1.82) is 0 Å². The predicted molar refractivity (Wildman–Crippen MR) is 157 cm³/mol. The Balaban J connectivity index is 0.000000826. The molecule has 1 fully saturated rings. The van der Waals surface area contributed by atoms with E-state index in [-0.39, 0.29) is 6.04 Å². The first-order chi connectivity index (χ1) is 18.9. The molecule has 2 aliphatic rings. The van der Waals surface area contributed by atoms with Gasteiger partial charge >= 0.3 is 0 Å². The van der Waals surface area contributed by atoms with Gasteiger partial charge in [-0.15, -0.1) is 0 Å². The molecule has 0 atom stereocenters. The lowest BCUT2D eigenvalue weighted by atomic mass is 10.1. The first-order valence-electron chi connectivity index (χ1n) is 13.1. The van der Waals surface area contributed by atoms with E-state index in [9.17, 15) is 0 Å². The molecule has 0 radical (unpaired) electrons. The minimum absolute atomic E-state index is 0.280. The summed E-state index contributed by atoms with van der Waals surface area (Å²) in [5.74, 6) is 2.66. The van der Waals surface area contributed by atoms with Gasteiger partial charge in [0, 0.05) is 25.0 Å². The van der Waals surface area contributed by atoms with Crippen molar-refractivity contribution in [1.82, 2.24) is 19.5 Å². The van der Waals surface area contributed by atoms with Crippen LogP contribution in [0.15, 0.2) is 82.0 Å². The maximum atomic E-state index is 6.08. The lowest BCUT2D eigenvalue weighted by Crippen LogP contribution is -2.46. The Morgan fingerprint density at radius 1 is 1.26 bits per heavy atom. The molecule has 4 heterocycles. The molecule has 3 aromatic rings. The minimum Gasteiger partial charge on any atom is -0.457 e. The van der Waals surface area contributed by atoms with Gasteiger partial charge < -0.3 is 19.7 Å². The third-order valence-electron chi connectivity index (χ3n) is 6.36. The number of aromatic nitrogens is 3. The lowest BCUT2D eigenvalue weighted by Gasteiger charge is -2.35. The number of aliphatic imine (C=N–C) groups is 3. The number of pyridine rings is 1. The largest absolute Gasteiger partial charge is 0.457 e. The summed E-state index contributed by atoms with van der Waals surface area (Å²) in [6.45, 7) is 13.8. The second-order valence-electron chi connectivity index (χ2n) is 9.21. The normalized spacial score (nSPS) is 16.9. The van der Waals surface area contributed by atoms with Crippen molar-refractivity contribution in [2.45, 2.75) is 46.6 Å². The molecular weight excluding hydrogens is 492 g/mol. The van der Waals surface area contributed by atoms with Crippen LogP contribution in [-0.2, 0) is 4.74 Å². The Labute approximate surface area is 229 Å². The van der Waals surface area contributed by atoms with Crippen LogP contribution in [0.4, 0.5) is 5.69 Å². The van der Waals surface area contributed by atoms with E-state index in [0.717, 1.165) is 28.3 Å². The maximum absolute atomic E-state index is 6.08. The predicted octanol–water partition coefficient (Wildman–Crippen LogP) is 5.64. The van der Waals surface area contributed by atoms with E-state index >= 15 is 0 Å². The molecule has 10 nitrogen and oxygen atoms in total. The molecule has 0 spiro atoms. The second kappa shape index (κ2) is 13.0. The molecule has 1 saturated heterocycles. The topological polar surface area (TPSA) is 101 Å². The molecule has 0 unspecified atom stereocenters. The van der Waals surface area contributed by atoms with E-state index in [1.54, 1.807) is 4.52 Å². The average Bonchev–Trinajstić information content (AvgIpc) is 3.38. The Morgan fingerprint density at radius 2 is 2.05 bits per heavy atom. The van der Waals surface area contributed by atoms with Gasteiger partial charge in [-0.1, -0.05) is 39.3 Å². The zero-order valence-electron chi connectivity index (χ0n) is 23.3. The number of aryl methyl sites for hydroxylation is 1. The van der Waals surface area contributed by atoms with Crippen molar-refractivity contribution in [3.8, 4) is 11.5 Å². The van der Waals surface area contributed by atoms with Crippen molar-refractivity contribution in [2.24, 2.45) is 15.0 Å². The van der Waals surface area contributed by atoms with E-state index in [1.807, 2.05) is 68.4 Å². The fourth-order valence-corrected chi connectivity index (χ4v) is 3.64. The van der Waals surface area contributed by atoms with Crippen LogP contribution in [0.5, 0.6) is 11.5 Å². The number of likely N-dealkylation sites (N-methyl/N-ethyl adjacent to an activating group) is 1. The minimum atomic E-state index is 0.280. The van der Waals surface area contributed by atoms with E-state index < -0.39 is 0 Å². The van der Waals surface area contributed by atoms with Crippen LogP contribution in [0, 0.1) is 6.92 Å². The summed E-state index contributed by atoms with van der Waals surface area (Å²) in [5.41, 5.74) is 3.89. The number of anilines is 1. The molecule has 5 rings (SSSR count). The van der Waals surface area contributed by atoms with Crippen molar-refractivity contribution in [3.05, 3.63) is 72.6 Å². The third-order valence-corrected chi connectivity index (χ3v) is 6.36. The SMILES string of the molecule is C=C(/N=C1/C(Nc2ccc(Oc3ccn4ncnc4c3)c(C)c2)=NC=N/C1=C/C)N(C)C1COC1.CCCC. The highest BCUT2D eigenvalue weighted by Crippen LogP contribution is 2.28. The molecule has 0 amide bonds. The third kappa shape index (κ3) is 6.77. The summed E-state index contributed by atoms with van der Waals surface area (Å²) in [6, 6.07) is 9.83. The molecular formula is C29H36N8O2. The van der Waals surface area contributed by atoms with E-state index in [1.165, 1.54) is 25.5 Å². The number of amidine groups is 1. The number of rotatable bonds is 7. The number of unbranched alkanes of at least 4 members (excludes halogenated alkanes) is 1. The van der Waals surface area contributed by atoms with Gasteiger partial charge in [0.25, 0.3) is 0 Å². The van der Waals surface area contributed by atoms with Gasteiger partial charge in [-0.05, 0) is 43.7 Å². The van der Waals surface area contributed by atoms with Crippen molar-refractivity contribution >= 4 is 29.2 Å². The Kier molecular flexibility index (Phi) is 9.22. The molecule has 0 bridgehead atoms. The number of ether oxygens (including phenoxy) is 2. The number of nitrogens with one attached hydrogen (secondary N) is 1.